The molecule has 1 aromatic carbocycles. The Morgan fingerprint density at radius 1 is 1.35 bits per heavy atom. The van der Waals surface area contributed by atoms with Gasteiger partial charge < -0.3 is 4.74 Å². The molecule has 17 heavy (non-hydrogen) atoms. The minimum absolute atomic E-state index is 0.0118. The molecule has 0 fully saturated rings. The molecule has 1 heterocycles. The molecule has 1 aliphatic heterocycles. The number of allylic oxidation sites excluding steroid dienone is 1. The van der Waals surface area contributed by atoms with Gasteiger partial charge in [-0.2, -0.15) is 0 Å². The smallest absolute Gasteiger partial charge is 0.211 e. The predicted molar refractivity (Wildman–Crippen MR) is 66.9 cm³/mol. The standard InChI is InChI=1S/C13H12O3S/c1-16-11-8-17-12(13(11)15)7-10(14)9-5-3-2-4-6-9/h2-6,8,12H,7H2,1H3. The van der Waals surface area contributed by atoms with Crippen molar-refractivity contribution in [3.8, 4) is 0 Å². The van der Waals surface area contributed by atoms with E-state index >= 15 is 0 Å². The maximum atomic E-state index is 11.9. The molecule has 0 spiro atoms. The first-order chi connectivity index (χ1) is 8.22. The molecular formula is C13H12O3S. The van der Waals surface area contributed by atoms with Crippen molar-refractivity contribution < 1.29 is 14.3 Å². The van der Waals surface area contributed by atoms with Gasteiger partial charge >= 0.3 is 0 Å². The average molecular weight is 248 g/mol. The predicted octanol–water partition coefficient (Wildman–Crippen LogP) is 2.43. The lowest BCUT2D eigenvalue weighted by Crippen LogP contribution is -2.19. The molecule has 1 atom stereocenters. The molecule has 1 aromatic rings. The van der Waals surface area contributed by atoms with Crippen molar-refractivity contribution in [1.82, 2.24) is 0 Å². The molecule has 0 aliphatic carbocycles. The highest BCUT2D eigenvalue weighted by molar-refractivity contribution is 8.04. The number of ketones is 2. The van der Waals surface area contributed by atoms with E-state index in [4.69, 9.17) is 4.74 Å². The van der Waals surface area contributed by atoms with Gasteiger partial charge in [0.25, 0.3) is 0 Å². The maximum absolute atomic E-state index is 11.9. The number of carbonyl (C=O) groups is 2. The highest BCUT2D eigenvalue weighted by Crippen LogP contribution is 2.30. The molecule has 0 N–H and O–H groups in total. The third-order valence-corrected chi connectivity index (χ3v) is 3.62. The highest BCUT2D eigenvalue weighted by atomic mass is 32.2. The molecule has 0 bridgehead atoms. The van der Waals surface area contributed by atoms with E-state index in [1.54, 1.807) is 17.5 Å². The van der Waals surface area contributed by atoms with E-state index in [0.717, 1.165) is 0 Å². The molecule has 88 valence electrons. The van der Waals surface area contributed by atoms with Crippen LogP contribution < -0.4 is 0 Å². The van der Waals surface area contributed by atoms with E-state index in [1.165, 1.54) is 18.9 Å². The summed E-state index contributed by atoms with van der Waals surface area (Å²) in [6.45, 7) is 0. The summed E-state index contributed by atoms with van der Waals surface area (Å²) >= 11 is 1.35. The lowest BCUT2D eigenvalue weighted by atomic mass is 10.0. The monoisotopic (exact) mass is 248 g/mol. The van der Waals surface area contributed by atoms with Gasteiger partial charge in [-0.3, -0.25) is 9.59 Å². The number of ether oxygens (including phenoxy) is 1. The van der Waals surface area contributed by atoms with E-state index in [-0.39, 0.29) is 23.2 Å². The van der Waals surface area contributed by atoms with Crippen molar-refractivity contribution in [1.29, 1.82) is 0 Å². The van der Waals surface area contributed by atoms with E-state index in [1.807, 2.05) is 18.2 Å². The number of hydrogen-bond acceptors (Lipinski definition) is 4. The zero-order valence-corrected chi connectivity index (χ0v) is 10.2. The summed E-state index contributed by atoms with van der Waals surface area (Å²) < 4.78 is 4.92. The van der Waals surface area contributed by atoms with Gasteiger partial charge in [-0.1, -0.05) is 30.3 Å². The number of thioether (sulfide) groups is 1. The zero-order chi connectivity index (χ0) is 12.3. The fourth-order valence-electron chi connectivity index (χ4n) is 1.62. The summed E-state index contributed by atoms with van der Waals surface area (Å²) in [6.07, 6.45) is 0.219. The molecule has 0 radical (unpaired) electrons. The van der Waals surface area contributed by atoms with Crippen LogP contribution in [0.5, 0.6) is 0 Å². The molecule has 3 nitrogen and oxygen atoms in total. The third-order valence-electron chi connectivity index (χ3n) is 2.56. The van der Waals surface area contributed by atoms with Crippen molar-refractivity contribution in [3.05, 3.63) is 47.1 Å². The summed E-state index contributed by atoms with van der Waals surface area (Å²) in [5.41, 5.74) is 0.645. The van der Waals surface area contributed by atoms with Crippen LogP contribution in [0.1, 0.15) is 16.8 Å². The summed E-state index contributed by atoms with van der Waals surface area (Å²) in [5, 5.41) is 1.34. The molecule has 0 amide bonds. The Bertz CT molecular complexity index is 465. The van der Waals surface area contributed by atoms with Crippen molar-refractivity contribution in [3.63, 3.8) is 0 Å². The van der Waals surface area contributed by atoms with Crippen LogP contribution in [0, 0.1) is 0 Å². The average Bonchev–Trinajstić information content (AvgIpc) is 2.71. The number of rotatable bonds is 4. The van der Waals surface area contributed by atoms with Crippen molar-refractivity contribution in [2.75, 3.05) is 7.11 Å². The Balaban J connectivity index is 2.00. The van der Waals surface area contributed by atoms with E-state index in [9.17, 15) is 9.59 Å². The fraction of sp³-hybridized carbons (Fsp3) is 0.231. The van der Waals surface area contributed by atoms with Gasteiger partial charge in [0.15, 0.2) is 11.5 Å². The molecule has 1 unspecified atom stereocenters. The first-order valence-corrected chi connectivity index (χ1v) is 6.18. The molecular weight excluding hydrogens is 236 g/mol. The second-order valence-electron chi connectivity index (χ2n) is 3.67. The van der Waals surface area contributed by atoms with Crippen molar-refractivity contribution >= 4 is 23.3 Å². The van der Waals surface area contributed by atoms with Crippen molar-refractivity contribution in [2.24, 2.45) is 0 Å². The molecule has 1 aliphatic rings. The molecule has 4 heteroatoms. The summed E-state index contributed by atoms with van der Waals surface area (Å²) in [4.78, 5) is 23.6. The Labute approximate surface area is 104 Å². The van der Waals surface area contributed by atoms with Crippen LogP contribution in [0.3, 0.4) is 0 Å². The first kappa shape index (κ1) is 11.9. The van der Waals surface area contributed by atoms with Gasteiger partial charge in [0.1, 0.15) is 0 Å². The van der Waals surface area contributed by atoms with Crippen LogP contribution >= 0.6 is 11.8 Å². The van der Waals surface area contributed by atoms with Crippen LogP contribution in [0.4, 0.5) is 0 Å². The summed E-state index contributed by atoms with van der Waals surface area (Å²) in [7, 11) is 1.46. The highest BCUT2D eigenvalue weighted by Gasteiger charge is 2.31. The Morgan fingerprint density at radius 2 is 2.06 bits per heavy atom. The van der Waals surface area contributed by atoms with Crippen molar-refractivity contribution in [2.45, 2.75) is 11.7 Å². The lowest BCUT2D eigenvalue weighted by molar-refractivity contribution is -0.117. The number of benzene rings is 1. The van der Waals surface area contributed by atoms with Crippen LogP contribution in [-0.4, -0.2) is 23.9 Å². The Hall–Kier alpha value is -1.55. The number of methoxy groups -OCH3 is 1. The van der Waals surface area contributed by atoms with Gasteiger partial charge in [0.2, 0.25) is 5.78 Å². The minimum Gasteiger partial charge on any atom is -0.492 e. The maximum Gasteiger partial charge on any atom is 0.211 e. The van der Waals surface area contributed by atoms with Gasteiger partial charge in [-0.25, -0.2) is 0 Å². The largest absolute Gasteiger partial charge is 0.492 e. The lowest BCUT2D eigenvalue weighted by Gasteiger charge is -2.07. The van der Waals surface area contributed by atoms with Crippen LogP contribution in [0.2, 0.25) is 0 Å². The van der Waals surface area contributed by atoms with E-state index < -0.39 is 0 Å². The van der Waals surface area contributed by atoms with Gasteiger partial charge in [0, 0.05) is 17.4 Å². The van der Waals surface area contributed by atoms with E-state index in [0.29, 0.717) is 11.3 Å². The van der Waals surface area contributed by atoms with E-state index in [2.05, 4.69) is 0 Å². The second kappa shape index (κ2) is 5.19. The number of carbonyl (C=O) groups excluding carboxylic acids is 2. The molecule has 0 saturated carbocycles. The molecule has 2 rings (SSSR count). The van der Waals surface area contributed by atoms with Crippen LogP contribution in [-0.2, 0) is 9.53 Å². The molecule has 0 aromatic heterocycles. The Morgan fingerprint density at radius 3 is 2.65 bits per heavy atom. The first-order valence-electron chi connectivity index (χ1n) is 5.24. The van der Waals surface area contributed by atoms with Crippen LogP contribution in [0.15, 0.2) is 41.5 Å². The topological polar surface area (TPSA) is 43.4 Å². The minimum atomic E-state index is -0.336. The van der Waals surface area contributed by atoms with Gasteiger partial charge in [0.05, 0.1) is 12.4 Å². The fourth-order valence-corrected chi connectivity index (χ4v) is 2.61. The summed E-state index contributed by atoms with van der Waals surface area (Å²) in [6, 6.07) is 9.01. The number of hydrogen-bond donors (Lipinski definition) is 0. The Kier molecular flexibility index (Phi) is 3.64. The van der Waals surface area contributed by atoms with Gasteiger partial charge in [-0.05, 0) is 0 Å². The third kappa shape index (κ3) is 2.58. The molecule has 0 saturated heterocycles. The van der Waals surface area contributed by atoms with Crippen LogP contribution in [0.25, 0.3) is 0 Å². The summed E-state index contributed by atoms with van der Waals surface area (Å²) in [5.74, 6) is 0.241. The quantitative estimate of drug-likeness (QED) is 0.768. The SMILES string of the molecule is COC1=CSC(CC(=O)c2ccccc2)C1=O. The number of Topliss-reactive ketones (excluding diaryl/α,β-unsaturated/α-hetero) is 2. The normalized spacial score (nSPS) is 19.0. The van der Waals surface area contributed by atoms with Gasteiger partial charge in [-0.15, -0.1) is 11.8 Å². The second-order valence-corrected chi connectivity index (χ2v) is 4.75. The zero-order valence-electron chi connectivity index (χ0n) is 9.38.